The first-order chi connectivity index (χ1) is 9.02. The molecule has 0 aliphatic carbocycles. The van der Waals surface area contributed by atoms with Crippen LogP contribution in [0.25, 0.3) is 10.2 Å². The molecule has 6 heteroatoms. The zero-order chi connectivity index (χ0) is 13.5. The Morgan fingerprint density at radius 3 is 2.68 bits per heavy atom. The van der Waals surface area contributed by atoms with E-state index in [9.17, 15) is 0 Å². The molecule has 0 fully saturated rings. The van der Waals surface area contributed by atoms with Crippen LogP contribution in [0.15, 0.2) is 34.9 Å². The van der Waals surface area contributed by atoms with Crippen LogP contribution in [0.5, 0.6) is 0 Å². The van der Waals surface area contributed by atoms with Gasteiger partial charge >= 0.3 is 0 Å². The molecule has 0 aliphatic rings. The fourth-order valence-electron chi connectivity index (χ4n) is 1.61. The molecule has 0 spiro atoms. The number of aromatic nitrogens is 4. The van der Waals surface area contributed by atoms with E-state index in [1.165, 1.54) is 16.6 Å². The summed E-state index contributed by atoms with van der Waals surface area (Å²) in [5.41, 5.74) is 1.01. The first-order valence-corrected chi connectivity index (χ1v) is 7.57. The molecular weight excluding hydrogens is 276 g/mol. The van der Waals surface area contributed by atoms with Crippen molar-refractivity contribution in [3.63, 3.8) is 0 Å². The zero-order valence-electron chi connectivity index (χ0n) is 11.0. The van der Waals surface area contributed by atoms with Gasteiger partial charge in [-0.25, -0.2) is 9.97 Å². The topological polar surface area (TPSA) is 43.6 Å². The van der Waals surface area contributed by atoms with Crippen molar-refractivity contribution in [2.75, 3.05) is 0 Å². The Bertz CT molecular complexity index is 676. The van der Waals surface area contributed by atoms with Crippen LogP contribution >= 0.6 is 23.3 Å². The first kappa shape index (κ1) is 12.6. The van der Waals surface area contributed by atoms with Gasteiger partial charge in [0.25, 0.3) is 0 Å². The first-order valence-electron chi connectivity index (χ1n) is 5.98. The van der Waals surface area contributed by atoms with E-state index in [1.54, 1.807) is 21.8 Å². The molecule has 0 N–H and O–H groups in total. The average Bonchev–Trinajstić information content (AvgIpc) is 2.94. The molecule has 2 aromatic heterocycles. The monoisotopic (exact) mass is 290 g/mol. The van der Waals surface area contributed by atoms with Gasteiger partial charge in [0, 0.05) is 17.4 Å². The summed E-state index contributed by atoms with van der Waals surface area (Å²) in [6.07, 6.45) is 1.75. The average molecular weight is 290 g/mol. The van der Waals surface area contributed by atoms with Crippen molar-refractivity contribution in [1.29, 1.82) is 0 Å². The fourth-order valence-corrected chi connectivity index (χ4v) is 3.46. The summed E-state index contributed by atoms with van der Waals surface area (Å²) in [4.78, 5) is 8.92. The van der Waals surface area contributed by atoms with Crippen LogP contribution < -0.4 is 0 Å². The third kappa shape index (κ3) is 2.64. The largest absolute Gasteiger partial charge is 0.228 e. The van der Waals surface area contributed by atoms with Crippen molar-refractivity contribution in [1.82, 2.24) is 19.2 Å². The van der Waals surface area contributed by atoms with Gasteiger partial charge in [0.05, 0.1) is 10.2 Å². The van der Waals surface area contributed by atoms with Gasteiger partial charge in [-0.05, 0) is 12.1 Å². The Morgan fingerprint density at radius 1 is 1.21 bits per heavy atom. The molecule has 0 aliphatic heterocycles. The fraction of sp³-hybridized carbons (Fsp3) is 0.308. The number of thiazole rings is 1. The van der Waals surface area contributed by atoms with E-state index in [1.807, 2.05) is 18.2 Å². The summed E-state index contributed by atoms with van der Waals surface area (Å²) in [5, 5.41) is 4.48. The maximum atomic E-state index is 4.57. The van der Waals surface area contributed by atoms with Crippen LogP contribution in [-0.4, -0.2) is 19.2 Å². The molecular formula is C13H14N4S2. The maximum Gasteiger partial charge on any atom is 0.173 e. The number of benzene rings is 1. The predicted molar refractivity (Wildman–Crippen MR) is 79.6 cm³/mol. The van der Waals surface area contributed by atoms with Gasteiger partial charge < -0.3 is 0 Å². The molecule has 19 heavy (non-hydrogen) atoms. The van der Waals surface area contributed by atoms with Gasteiger partial charge in [-0.3, -0.25) is 0 Å². The minimum Gasteiger partial charge on any atom is -0.228 e. The summed E-state index contributed by atoms with van der Waals surface area (Å²) in [6, 6.07) is 8.14. The molecule has 4 nitrogen and oxygen atoms in total. The molecule has 0 unspecified atom stereocenters. The minimum atomic E-state index is -0.0284. The predicted octanol–water partition coefficient (Wildman–Crippen LogP) is 3.74. The van der Waals surface area contributed by atoms with E-state index in [2.05, 4.69) is 41.9 Å². The molecule has 0 saturated heterocycles. The van der Waals surface area contributed by atoms with E-state index in [-0.39, 0.29) is 5.41 Å². The molecule has 3 rings (SSSR count). The Hall–Kier alpha value is -1.40. The third-order valence-corrected chi connectivity index (χ3v) is 4.50. The zero-order valence-corrected chi connectivity index (χ0v) is 12.6. The summed E-state index contributed by atoms with van der Waals surface area (Å²) in [7, 11) is 0. The lowest BCUT2D eigenvalue weighted by atomic mass is 9.96. The van der Waals surface area contributed by atoms with E-state index >= 15 is 0 Å². The molecule has 98 valence electrons. The van der Waals surface area contributed by atoms with Gasteiger partial charge in [0.2, 0.25) is 0 Å². The Labute approximate surface area is 120 Å². The highest BCUT2D eigenvalue weighted by molar-refractivity contribution is 7.99. The number of hydrogen-bond donors (Lipinski definition) is 0. The lowest BCUT2D eigenvalue weighted by Gasteiger charge is -2.11. The minimum absolute atomic E-state index is 0.0284. The maximum absolute atomic E-state index is 4.57. The summed E-state index contributed by atoms with van der Waals surface area (Å²) in [5.74, 6) is 0.848. The van der Waals surface area contributed by atoms with Crippen LogP contribution in [0.4, 0.5) is 0 Å². The Balaban J connectivity index is 1.86. The number of hydrogen-bond acceptors (Lipinski definition) is 5. The van der Waals surface area contributed by atoms with Gasteiger partial charge in [-0.1, -0.05) is 32.9 Å². The van der Waals surface area contributed by atoms with Gasteiger partial charge in [0.1, 0.15) is 6.33 Å². The third-order valence-electron chi connectivity index (χ3n) is 2.59. The van der Waals surface area contributed by atoms with Crippen molar-refractivity contribution in [2.24, 2.45) is 0 Å². The van der Waals surface area contributed by atoms with Crippen molar-refractivity contribution in [3.05, 3.63) is 36.4 Å². The Kier molecular flexibility index (Phi) is 3.06. The lowest BCUT2D eigenvalue weighted by Crippen LogP contribution is -2.13. The van der Waals surface area contributed by atoms with Crippen LogP contribution in [-0.2, 0) is 5.41 Å². The number of nitrogens with zero attached hydrogens (tertiary/aromatic N) is 4. The highest BCUT2D eigenvalue weighted by Gasteiger charge is 2.19. The standard InChI is InChI=1S/C13H14N4S2/c1-13(2,3)11-14-8-17(16-11)19-12-15-9-6-4-5-7-10(9)18-12/h4-8H,1-3H3. The van der Waals surface area contributed by atoms with Crippen molar-refractivity contribution in [2.45, 2.75) is 30.5 Å². The second-order valence-electron chi connectivity index (χ2n) is 5.26. The summed E-state index contributed by atoms with van der Waals surface area (Å²) < 4.78 is 3.95. The second kappa shape index (κ2) is 4.61. The van der Waals surface area contributed by atoms with Crippen molar-refractivity contribution in [3.8, 4) is 0 Å². The van der Waals surface area contributed by atoms with Crippen LogP contribution in [0, 0.1) is 0 Å². The van der Waals surface area contributed by atoms with E-state index in [0.29, 0.717) is 0 Å². The van der Waals surface area contributed by atoms with Gasteiger partial charge in [-0.15, -0.1) is 16.4 Å². The number of rotatable bonds is 2. The van der Waals surface area contributed by atoms with E-state index in [0.717, 1.165) is 15.7 Å². The lowest BCUT2D eigenvalue weighted by molar-refractivity contribution is 0.546. The normalized spacial score (nSPS) is 12.2. The molecule has 0 saturated carbocycles. The SMILES string of the molecule is CC(C)(C)c1ncn(Sc2nc3ccccc3s2)n1. The quantitative estimate of drug-likeness (QED) is 0.721. The highest BCUT2D eigenvalue weighted by atomic mass is 32.2. The van der Waals surface area contributed by atoms with Gasteiger partial charge in [0.15, 0.2) is 10.2 Å². The smallest absolute Gasteiger partial charge is 0.173 e. The molecule has 1 aromatic carbocycles. The molecule has 0 atom stereocenters. The highest BCUT2D eigenvalue weighted by Crippen LogP contribution is 2.30. The van der Waals surface area contributed by atoms with Crippen molar-refractivity contribution >= 4 is 33.5 Å². The molecule has 0 bridgehead atoms. The molecule has 3 aromatic rings. The van der Waals surface area contributed by atoms with Crippen molar-refractivity contribution < 1.29 is 0 Å². The van der Waals surface area contributed by atoms with E-state index < -0.39 is 0 Å². The van der Waals surface area contributed by atoms with Crippen LogP contribution in [0.2, 0.25) is 0 Å². The summed E-state index contributed by atoms with van der Waals surface area (Å²) >= 11 is 3.17. The summed E-state index contributed by atoms with van der Waals surface area (Å²) in [6.45, 7) is 6.32. The molecule has 0 radical (unpaired) electrons. The van der Waals surface area contributed by atoms with E-state index in [4.69, 9.17) is 0 Å². The number of para-hydroxylation sites is 1. The van der Waals surface area contributed by atoms with Gasteiger partial charge in [-0.2, -0.15) is 4.09 Å². The van der Waals surface area contributed by atoms with Crippen LogP contribution in [0.3, 0.4) is 0 Å². The molecule has 2 heterocycles. The molecule has 0 amide bonds. The Morgan fingerprint density at radius 2 is 2.00 bits per heavy atom. The van der Waals surface area contributed by atoms with Crippen LogP contribution in [0.1, 0.15) is 26.6 Å². The second-order valence-corrected chi connectivity index (χ2v) is 7.49. The number of fused-ring (bicyclic) bond motifs is 1.